The Morgan fingerprint density at radius 2 is 2.11 bits per heavy atom. The lowest BCUT2D eigenvalue weighted by atomic mass is 9.83. The summed E-state index contributed by atoms with van der Waals surface area (Å²) in [7, 11) is 0. The van der Waals surface area contributed by atoms with Crippen molar-refractivity contribution in [3.05, 3.63) is 33.3 Å². The summed E-state index contributed by atoms with van der Waals surface area (Å²) < 4.78 is 6.47. The third-order valence-corrected chi connectivity index (χ3v) is 4.47. The molecule has 0 N–H and O–H groups in total. The lowest BCUT2D eigenvalue weighted by Gasteiger charge is -2.28. The Balaban J connectivity index is 1.88. The molecule has 0 unspecified atom stereocenters. The van der Waals surface area contributed by atoms with Crippen molar-refractivity contribution in [2.45, 2.75) is 26.3 Å². The van der Waals surface area contributed by atoms with Gasteiger partial charge in [-0.25, -0.2) is 0 Å². The van der Waals surface area contributed by atoms with E-state index in [-0.39, 0.29) is 5.41 Å². The molecule has 3 heteroatoms. The summed E-state index contributed by atoms with van der Waals surface area (Å²) in [5.41, 5.74) is 3.63. The standard InChI is InChI=1S/C16H16BrNO/c1-16(4-6-19-7-5-16)3-2-12-8-13-10-18-11-14(13)9-15(12)17/h8-9,11H,4-7,10H2,1H3. The molecule has 1 saturated heterocycles. The van der Waals surface area contributed by atoms with Crippen LogP contribution in [-0.4, -0.2) is 19.4 Å². The topological polar surface area (TPSA) is 21.6 Å². The van der Waals surface area contributed by atoms with Crippen molar-refractivity contribution in [1.82, 2.24) is 0 Å². The molecular formula is C16H16BrNO. The smallest absolute Gasteiger partial charge is 0.0646 e. The fourth-order valence-electron chi connectivity index (χ4n) is 2.39. The molecule has 0 aromatic heterocycles. The van der Waals surface area contributed by atoms with Crippen molar-refractivity contribution >= 4 is 22.1 Å². The van der Waals surface area contributed by atoms with Gasteiger partial charge in [-0.15, -0.1) is 0 Å². The average Bonchev–Trinajstić information content (AvgIpc) is 2.84. The summed E-state index contributed by atoms with van der Waals surface area (Å²) in [6, 6.07) is 4.27. The van der Waals surface area contributed by atoms with Crippen LogP contribution in [-0.2, 0) is 11.3 Å². The maximum atomic E-state index is 5.41. The zero-order chi connectivity index (χ0) is 13.3. The number of hydrogen-bond acceptors (Lipinski definition) is 2. The number of benzene rings is 1. The molecule has 2 heterocycles. The number of nitrogens with zero attached hydrogens (tertiary/aromatic N) is 1. The Labute approximate surface area is 122 Å². The predicted molar refractivity (Wildman–Crippen MR) is 80.5 cm³/mol. The number of hydrogen-bond donors (Lipinski definition) is 0. The van der Waals surface area contributed by atoms with Crippen LogP contribution < -0.4 is 0 Å². The lowest BCUT2D eigenvalue weighted by Crippen LogP contribution is -2.24. The second-order valence-corrected chi connectivity index (χ2v) is 6.28. The van der Waals surface area contributed by atoms with E-state index >= 15 is 0 Å². The van der Waals surface area contributed by atoms with E-state index in [0.29, 0.717) is 0 Å². The van der Waals surface area contributed by atoms with Crippen molar-refractivity contribution in [2.75, 3.05) is 13.2 Å². The van der Waals surface area contributed by atoms with Gasteiger partial charge in [0.15, 0.2) is 0 Å². The van der Waals surface area contributed by atoms with Gasteiger partial charge in [-0.05, 0) is 59.0 Å². The molecule has 0 aliphatic carbocycles. The molecule has 19 heavy (non-hydrogen) atoms. The van der Waals surface area contributed by atoms with Gasteiger partial charge in [0.2, 0.25) is 0 Å². The van der Waals surface area contributed by atoms with Crippen LogP contribution in [0.25, 0.3) is 0 Å². The van der Waals surface area contributed by atoms with Crippen LogP contribution in [0.1, 0.15) is 36.5 Å². The summed E-state index contributed by atoms with van der Waals surface area (Å²) in [5, 5.41) is 0. The second kappa shape index (κ2) is 5.11. The minimum atomic E-state index is 0.0905. The van der Waals surface area contributed by atoms with Crippen molar-refractivity contribution in [2.24, 2.45) is 10.4 Å². The molecule has 0 radical (unpaired) electrons. The molecule has 3 rings (SSSR count). The first-order valence-electron chi connectivity index (χ1n) is 6.59. The summed E-state index contributed by atoms with van der Waals surface area (Å²) in [6.07, 6.45) is 3.97. The Hall–Kier alpha value is -1.11. The molecule has 0 atom stereocenters. The summed E-state index contributed by atoms with van der Waals surface area (Å²) in [5.74, 6) is 6.79. The first-order valence-corrected chi connectivity index (χ1v) is 7.39. The van der Waals surface area contributed by atoms with Crippen molar-refractivity contribution < 1.29 is 4.74 Å². The van der Waals surface area contributed by atoms with Crippen molar-refractivity contribution in [3.63, 3.8) is 0 Å². The quantitative estimate of drug-likeness (QED) is 0.671. The van der Waals surface area contributed by atoms with E-state index in [1.54, 1.807) is 0 Å². The van der Waals surface area contributed by atoms with Crippen LogP contribution >= 0.6 is 15.9 Å². The minimum Gasteiger partial charge on any atom is -0.381 e. The first kappa shape index (κ1) is 12.9. The zero-order valence-corrected chi connectivity index (χ0v) is 12.6. The largest absolute Gasteiger partial charge is 0.381 e. The van der Waals surface area contributed by atoms with Crippen molar-refractivity contribution in [3.8, 4) is 11.8 Å². The van der Waals surface area contributed by atoms with Crippen LogP contribution in [0.4, 0.5) is 0 Å². The number of ether oxygens (including phenoxy) is 1. The van der Waals surface area contributed by atoms with Gasteiger partial charge in [0, 0.05) is 34.9 Å². The molecule has 1 fully saturated rings. The highest BCUT2D eigenvalue weighted by atomic mass is 79.9. The molecule has 2 nitrogen and oxygen atoms in total. The first-order chi connectivity index (χ1) is 9.16. The van der Waals surface area contributed by atoms with E-state index in [9.17, 15) is 0 Å². The normalized spacial score (nSPS) is 19.7. The zero-order valence-electron chi connectivity index (χ0n) is 11.0. The highest BCUT2D eigenvalue weighted by Crippen LogP contribution is 2.29. The molecule has 98 valence electrons. The molecule has 0 saturated carbocycles. The van der Waals surface area contributed by atoms with Gasteiger partial charge in [0.05, 0.1) is 6.54 Å². The van der Waals surface area contributed by atoms with E-state index in [2.05, 4.69) is 51.8 Å². The van der Waals surface area contributed by atoms with E-state index in [0.717, 1.165) is 42.6 Å². The van der Waals surface area contributed by atoms with Gasteiger partial charge in [0.1, 0.15) is 0 Å². The van der Waals surface area contributed by atoms with E-state index in [4.69, 9.17) is 4.74 Å². The summed E-state index contributed by atoms with van der Waals surface area (Å²) >= 11 is 3.60. The highest BCUT2D eigenvalue weighted by Gasteiger charge is 2.24. The predicted octanol–water partition coefficient (Wildman–Crippen LogP) is 3.55. The molecule has 0 spiro atoms. The van der Waals surface area contributed by atoms with E-state index in [1.165, 1.54) is 11.1 Å². The molecular weight excluding hydrogens is 302 g/mol. The third-order valence-electron chi connectivity index (χ3n) is 3.82. The Morgan fingerprint density at radius 3 is 2.89 bits per heavy atom. The van der Waals surface area contributed by atoms with Gasteiger partial charge >= 0.3 is 0 Å². The number of fused-ring (bicyclic) bond motifs is 1. The van der Waals surface area contributed by atoms with Gasteiger partial charge in [-0.3, -0.25) is 4.99 Å². The Kier molecular flexibility index (Phi) is 3.47. The van der Waals surface area contributed by atoms with Gasteiger partial charge in [-0.1, -0.05) is 11.8 Å². The Bertz CT molecular complexity index is 589. The molecule has 2 aliphatic heterocycles. The minimum absolute atomic E-state index is 0.0905. The fraction of sp³-hybridized carbons (Fsp3) is 0.438. The van der Waals surface area contributed by atoms with Crippen LogP contribution in [0, 0.1) is 17.3 Å². The molecule has 0 bridgehead atoms. The number of rotatable bonds is 0. The van der Waals surface area contributed by atoms with Gasteiger partial charge in [0.25, 0.3) is 0 Å². The van der Waals surface area contributed by atoms with Crippen LogP contribution in [0.2, 0.25) is 0 Å². The van der Waals surface area contributed by atoms with Crippen LogP contribution in [0.5, 0.6) is 0 Å². The summed E-state index contributed by atoms with van der Waals surface area (Å²) in [6.45, 7) is 4.66. The van der Waals surface area contributed by atoms with Crippen molar-refractivity contribution in [1.29, 1.82) is 0 Å². The third kappa shape index (κ3) is 2.75. The SMILES string of the molecule is CC1(C#Cc2cc3c(cc2Br)C=NC3)CCOCC1. The number of halogens is 1. The maximum Gasteiger partial charge on any atom is 0.0646 e. The van der Waals surface area contributed by atoms with Gasteiger partial charge < -0.3 is 4.74 Å². The van der Waals surface area contributed by atoms with E-state index < -0.39 is 0 Å². The fourth-order valence-corrected chi connectivity index (χ4v) is 2.85. The van der Waals surface area contributed by atoms with E-state index in [1.807, 2.05) is 6.21 Å². The maximum absolute atomic E-state index is 5.41. The highest BCUT2D eigenvalue weighted by molar-refractivity contribution is 9.10. The van der Waals surface area contributed by atoms with Crippen LogP contribution in [0.15, 0.2) is 21.6 Å². The molecule has 1 aromatic carbocycles. The summed E-state index contributed by atoms with van der Waals surface area (Å²) in [4.78, 5) is 4.29. The Morgan fingerprint density at radius 1 is 1.32 bits per heavy atom. The molecule has 0 amide bonds. The van der Waals surface area contributed by atoms with Crippen LogP contribution in [0.3, 0.4) is 0 Å². The molecule has 1 aromatic rings. The lowest BCUT2D eigenvalue weighted by molar-refractivity contribution is 0.0487. The van der Waals surface area contributed by atoms with Gasteiger partial charge in [-0.2, -0.15) is 0 Å². The number of aliphatic imine (C=N–C) groups is 1. The molecule has 2 aliphatic rings. The second-order valence-electron chi connectivity index (χ2n) is 5.42. The monoisotopic (exact) mass is 317 g/mol. The average molecular weight is 318 g/mol.